The zero-order chi connectivity index (χ0) is 18.6. The van der Waals surface area contributed by atoms with Crippen molar-refractivity contribution in [2.75, 3.05) is 13.2 Å². The number of ether oxygens (including phenoxy) is 1. The summed E-state index contributed by atoms with van der Waals surface area (Å²) in [6, 6.07) is 0. The zero-order valence-corrected chi connectivity index (χ0v) is 16.3. The summed E-state index contributed by atoms with van der Waals surface area (Å²) < 4.78 is 4.78. The van der Waals surface area contributed by atoms with E-state index in [-0.39, 0.29) is 6.61 Å². The lowest BCUT2D eigenvalue weighted by Crippen LogP contribution is -2.21. The maximum absolute atomic E-state index is 11.3. The molecule has 1 atom stereocenters. The molecule has 25 heavy (non-hydrogen) atoms. The van der Waals surface area contributed by atoms with E-state index in [0.29, 0.717) is 0 Å². The number of aliphatic hydroxyl groups is 2. The van der Waals surface area contributed by atoms with Crippen LogP contribution in [0.1, 0.15) is 96.8 Å². The Morgan fingerprint density at radius 1 is 0.880 bits per heavy atom. The van der Waals surface area contributed by atoms with Gasteiger partial charge in [0, 0.05) is 6.08 Å². The van der Waals surface area contributed by atoms with Gasteiger partial charge in [0.05, 0.1) is 6.61 Å². The van der Waals surface area contributed by atoms with Gasteiger partial charge in [0.2, 0.25) is 0 Å². The molecule has 0 rings (SSSR count). The van der Waals surface area contributed by atoms with Crippen LogP contribution in [0.3, 0.4) is 0 Å². The molecule has 4 heteroatoms. The van der Waals surface area contributed by atoms with E-state index in [1.807, 2.05) is 6.08 Å². The molecule has 4 nitrogen and oxygen atoms in total. The number of unbranched alkanes of at least 4 members (excludes halogenated alkanes) is 13. The van der Waals surface area contributed by atoms with Crippen LogP contribution in [0.2, 0.25) is 0 Å². The predicted molar refractivity (Wildman–Crippen MR) is 104 cm³/mol. The molecule has 0 fully saturated rings. The van der Waals surface area contributed by atoms with Crippen molar-refractivity contribution >= 4 is 5.97 Å². The van der Waals surface area contributed by atoms with Gasteiger partial charge in [-0.15, -0.1) is 0 Å². The van der Waals surface area contributed by atoms with Crippen LogP contribution >= 0.6 is 0 Å². The highest BCUT2D eigenvalue weighted by molar-refractivity contribution is 5.81. The summed E-state index contributed by atoms with van der Waals surface area (Å²) in [5.41, 5.74) is 0. The van der Waals surface area contributed by atoms with Crippen LogP contribution < -0.4 is 0 Å². The molecular weight excluding hydrogens is 316 g/mol. The zero-order valence-electron chi connectivity index (χ0n) is 16.3. The van der Waals surface area contributed by atoms with Crippen LogP contribution in [0, 0.1) is 0 Å². The number of esters is 1. The second kappa shape index (κ2) is 19.5. The Bertz CT molecular complexity index is 315. The van der Waals surface area contributed by atoms with E-state index < -0.39 is 18.7 Å². The number of aliphatic hydroxyl groups excluding tert-OH is 2. The Labute approximate surface area is 154 Å². The summed E-state index contributed by atoms with van der Waals surface area (Å²) in [5, 5.41) is 17.7. The normalized spacial score (nSPS) is 12.6. The Morgan fingerprint density at radius 3 is 1.84 bits per heavy atom. The molecule has 0 saturated carbocycles. The van der Waals surface area contributed by atoms with Gasteiger partial charge in [0.15, 0.2) is 0 Å². The predicted octanol–water partition coefficient (Wildman–Crippen LogP) is 4.92. The quantitative estimate of drug-likeness (QED) is 0.208. The smallest absolute Gasteiger partial charge is 0.330 e. The van der Waals surface area contributed by atoms with Crippen molar-refractivity contribution in [1.29, 1.82) is 0 Å². The van der Waals surface area contributed by atoms with Gasteiger partial charge in [-0.3, -0.25) is 0 Å². The number of hydrogen-bond acceptors (Lipinski definition) is 4. The van der Waals surface area contributed by atoms with Gasteiger partial charge in [-0.2, -0.15) is 0 Å². The van der Waals surface area contributed by atoms with Gasteiger partial charge in [-0.1, -0.05) is 90.0 Å². The molecule has 0 radical (unpaired) electrons. The maximum Gasteiger partial charge on any atom is 0.330 e. The van der Waals surface area contributed by atoms with Crippen molar-refractivity contribution in [2.45, 2.75) is 103 Å². The maximum atomic E-state index is 11.3. The van der Waals surface area contributed by atoms with E-state index in [2.05, 4.69) is 6.92 Å². The topological polar surface area (TPSA) is 66.8 Å². The summed E-state index contributed by atoms with van der Waals surface area (Å²) in [4.78, 5) is 11.3. The van der Waals surface area contributed by atoms with Crippen molar-refractivity contribution in [2.24, 2.45) is 0 Å². The minimum Gasteiger partial charge on any atom is -0.460 e. The summed E-state index contributed by atoms with van der Waals surface area (Å²) >= 11 is 0. The number of carbonyl (C=O) groups is 1. The molecule has 0 aromatic heterocycles. The van der Waals surface area contributed by atoms with E-state index in [0.717, 1.165) is 12.8 Å². The van der Waals surface area contributed by atoms with Crippen molar-refractivity contribution in [3.63, 3.8) is 0 Å². The number of hydrogen-bond donors (Lipinski definition) is 2. The van der Waals surface area contributed by atoms with Crippen LogP contribution in [0.25, 0.3) is 0 Å². The minimum atomic E-state index is -0.988. The second-order valence-corrected chi connectivity index (χ2v) is 6.90. The molecule has 0 bridgehead atoms. The van der Waals surface area contributed by atoms with Crippen molar-refractivity contribution in [3.05, 3.63) is 12.2 Å². The van der Waals surface area contributed by atoms with Crippen LogP contribution in [-0.2, 0) is 9.53 Å². The molecule has 0 amide bonds. The van der Waals surface area contributed by atoms with Gasteiger partial charge in [0.1, 0.15) is 12.7 Å². The van der Waals surface area contributed by atoms with Crippen molar-refractivity contribution in [3.8, 4) is 0 Å². The van der Waals surface area contributed by atoms with E-state index in [1.165, 1.54) is 83.1 Å². The van der Waals surface area contributed by atoms with Crippen LogP contribution in [-0.4, -0.2) is 35.5 Å². The summed E-state index contributed by atoms with van der Waals surface area (Å²) in [6.45, 7) is 1.71. The first-order valence-corrected chi connectivity index (χ1v) is 10.3. The number of rotatable bonds is 18. The fraction of sp³-hybridized carbons (Fsp3) is 0.857. The average Bonchev–Trinajstić information content (AvgIpc) is 2.62. The fourth-order valence-electron chi connectivity index (χ4n) is 2.74. The molecule has 0 spiro atoms. The highest BCUT2D eigenvalue weighted by Crippen LogP contribution is 2.13. The Hall–Kier alpha value is -0.870. The third kappa shape index (κ3) is 19.3. The van der Waals surface area contributed by atoms with Gasteiger partial charge in [-0.25, -0.2) is 4.79 Å². The van der Waals surface area contributed by atoms with Crippen LogP contribution in [0.4, 0.5) is 0 Å². The first-order valence-electron chi connectivity index (χ1n) is 10.3. The number of allylic oxidation sites excluding steroid dienone is 1. The molecule has 0 aliphatic carbocycles. The van der Waals surface area contributed by atoms with E-state index in [1.54, 1.807) is 0 Å². The molecule has 0 aromatic carbocycles. The molecule has 1 unspecified atom stereocenters. The van der Waals surface area contributed by atoms with Crippen molar-refractivity contribution < 1.29 is 19.7 Å². The number of carbonyl (C=O) groups excluding carboxylic acids is 1. The fourth-order valence-corrected chi connectivity index (χ4v) is 2.74. The highest BCUT2D eigenvalue weighted by Gasteiger charge is 2.04. The van der Waals surface area contributed by atoms with Gasteiger partial charge >= 0.3 is 5.97 Å². The molecule has 148 valence electrons. The third-order valence-electron chi connectivity index (χ3n) is 4.36. The molecular formula is C21H40O4. The molecule has 0 aliphatic heterocycles. The molecule has 0 saturated heterocycles. The lowest BCUT2D eigenvalue weighted by Gasteiger charge is -2.06. The Balaban J connectivity index is 3.23. The third-order valence-corrected chi connectivity index (χ3v) is 4.36. The van der Waals surface area contributed by atoms with E-state index >= 15 is 0 Å². The van der Waals surface area contributed by atoms with Crippen LogP contribution in [0.5, 0.6) is 0 Å². The summed E-state index contributed by atoms with van der Waals surface area (Å²) in [7, 11) is 0. The van der Waals surface area contributed by atoms with Gasteiger partial charge in [0.25, 0.3) is 0 Å². The Morgan fingerprint density at radius 2 is 1.36 bits per heavy atom. The first kappa shape index (κ1) is 24.1. The lowest BCUT2D eigenvalue weighted by atomic mass is 10.0. The minimum absolute atomic E-state index is 0.154. The SMILES string of the molecule is CCCCCCCCCCCCCCC/C=C/C(=O)OCC(O)CO. The van der Waals surface area contributed by atoms with E-state index in [4.69, 9.17) is 14.9 Å². The molecule has 0 aliphatic rings. The largest absolute Gasteiger partial charge is 0.460 e. The first-order chi connectivity index (χ1) is 12.2. The van der Waals surface area contributed by atoms with E-state index in [9.17, 15) is 4.79 Å². The standard InChI is InChI=1S/C21H40O4/c1-2-3-4-5-6-7-8-9-10-11-12-13-14-15-16-17-21(24)25-19-20(23)18-22/h16-17,20,22-23H,2-15,18-19H2,1H3/b17-16+. The molecule has 2 N–H and O–H groups in total. The summed E-state index contributed by atoms with van der Waals surface area (Å²) in [5.74, 6) is -0.456. The lowest BCUT2D eigenvalue weighted by molar-refractivity contribution is -0.141. The Kier molecular flexibility index (Phi) is 18.8. The van der Waals surface area contributed by atoms with Crippen molar-refractivity contribution in [1.82, 2.24) is 0 Å². The van der Waals surface area contributed by atoms with Gasteiger partial charge in [-0.05, 0) is 12.8 Å². The molecule has 0 heterocycles. The average molecular weight is 357 g/mol. The second-order valence-electron chi connectivity index (χ2n) is 6.90. The van der Waals surface area contributed by atoms with Crippen LogP contribution in [0.15, 0.2) is 12.2 Å². The highest BCUT2D eigenvalue weighted by atomic mass is 16.5. The molecule has 0 aromatic rings. The summed E-state index contributed by atoms with van der Waals surface area (Å²) in [6.07, 6.45) is 20.5. The van der Waals surface area contributed by atoms with Gasteiger partial charge < -0.3 is 14.9 Å². The monoisotopic (exact) mass is 356 g/mol.